The van der Waals surface area contributed by atoms with E-state index >= 15 is 0 Å². The molecule has 1 amide bonds. The molecule has 7 heteroatoms. The molecule has 0 aromatic carbocycles. The number of aromatic nitrogens is 1. The summed E-state index contributed by atoms with van der Waals surface area (Å²) >= 11 is 0. The van der Waals surface area contributed by atoms with Gasteiger partial charge in [0.05, 0.1) is 19.8 Å². The third kappa shape index (κ3) is 4.51. The van der Waals surface area contributed by atoms with Crippen molar-refractivity contribution in [2.75, 3.05) is 51.3 Å². The van der Waals surface area contributed by atoms with E-state index in [2.05, 4.69) is 35.1 Å². The van der Waals surface area contributed by atoms with Crippen LogP contribution < -0.4 is 5.32 Å². The van der Waals surface area contributed by atoms with E-state index in [0.717, 1.165) is 18.9 Å². The Labute approximate surface area is 154 Å². The Morgan fingerprint density at radius 3 is 2.85 bits per heavy atom. The monoisotopic (exact) mass is 357 g/mol. The molecule has 0 unspecified atom stereocenters. The molecule has 140 valence electrons. The van der Waals surface area contributed by atoms with Crippen LogP contribution in [0, 0.1) is 23.2 Å². The van der Waals surface area contributed by atoms with Gasteiger partial charge in [0, 0.05) is 32.2 Å². The van der Waals surface area contributed by atoms with Gasteiger partial charge in [-0.25, -0.2) is 4.98 Å². The molecule has 1 aromatic heterocycles. The summed E-state index contributed by atoms with van der Waals surface area (Å²) in [6.45, 7) is 9.21. The van der Waals surface area contributed by atoms with Crippen LogP contribution in [0.25, 0.3) is 0 Å². The highest BCUT2D eigenvalue weighted by atomic mass is 16.5. The van der Waals surface area contributed by atoms with Crippen LogP contribution in [-0.2, 0) is 9.53 Å². The van der Waals surface area contributed by atoms with Crippen LogP contribution in [0.15, 0.2) is 18.2 Å². The number of ether oxygens (including phenoxy) is 1. The molecule has 26 heavy (non-hydrogen) atoms. The number of carbonyl (C=O) groups is 1. The summed E-state index contributed by atoms with van der Waals surface area (Å²) in [7, 11) is 0. The average molecular weight is 357 g/mol. The Morgan fingerprint density at radius 1 is 1.38 bits per heavy atom. The number of nitrogens with one attached hydrogen (secondary N) is 1. The standard InChI is InChI=1S/C19H27N5O2/c1-14(2)16-11-23(13-19(25)24-6-8-26-9-7-24)12-17(16)22-18-5-3-4-15(10-20)21-18/h3-5,14,16-17H,6-9,11-13H2,1-2H3,(H,21,22)/t16-,17+/m0/s1. The molecule has 0 aliphatic carbocycles. The van der Waals surface area contributed by atoms with E-state index in [9.17, 15) is 4.79 Å². The minimum Gasteiger partial charge on any atom is -0.378 e. The lowest BCUT2D eigenvalue weighted by Crippen LogP contribution is -2.45. The smallest absolute Gasteiger partial charge is 0.236 e. The third-order valence-electron chi connectivity index (χ3n) is 5.22. The Balaban J connectivity index is 1.62. The summed E-state index contributed by atoms with van der Waals surface area (Å²) in [5.74, 6) is 1.83. The summed E-state index contributed by atoms with van der Waals surface area (Å²) in [6, 6.07) is 7.72. The van der Waals surface area contributed by atoms with Crippen LogP contribution in [0.4, 0.5) is 5.82 Å². The van der Waals surface area contributed by atoms with Crippen LogP contribution in [-0.4, -0.2) is 72.7 Å². The second kappa shape index (κ2) is 8.47. The molecule has 0 bridgehead atoms. The van der Waals surface area contributed by atoms with Gasteiger partial charge in [0.15, 0.2) is 0 Å². The van der Waals surface area contributed by atoms with Gasteiger partial charge < -0.3 is 15.0 Å². The summed E-state index contributed by atoms with van der Waals surface area (Å²) < 4.78 is 5.32. The fourth-order valence-electron chi connectivity index (χ4n) is 3.74. The number of anilines is 1. The quantitative estimate of drug-likeness (QED) is 0.852. The minimum absolute atomic E-state index is 0.182. The maximum atomic E-state index is 12.5. The van der Waals surface area contributed by atoms with Crippen LogP contribution in [0.2, 0.25) is 0 Å². The number of amides is 1. The van der Waals surface area contributed by atoms with Gasteiger partial charge in [-0.1, -0.05) is 19.9 Å². The van der Waals surface area contributed by atoms with E-state index in [1.165, 1.54) is 0 Å². The Hall–Kier alpha value is -2.17. The van der Waals surface area contributed by atoms with E-state index in [0.29, 0.717) is 50.4 Å². The molecular weight excluding hydrogens is 330 g/mol. The molecule has 2 atom stereocenters. The van der Waals surface area contributed by atoms with Crippen molar-refractivity contribution in [1.82, 2.24) is 14.8 Å². The highest BCUT2D eigenvalue weighted by Crippen LogP contribution is 2.27. The van der Waals surface area contributed by atoms with Crippen molar-refractivity contribution in [1.29, 1.82) is 5.26 Å². The van der Waals surface area contributed by atoms with Crippen molar-refractivity contribution in [3.8, 4) is 6.07 Å². The lowest BCUT2D eigenvalue weighted by Gasteiger charge is -2.28. The SMILES string of the molecule is CC(C)[C@@H]1CN(CC(=O)N2CCOCC2)C[C@H]1Nc1cccc(C#N)n1. The van der Waals surface area contributed by atoms with E-state index in [1.807, 2.05) is 17.0 Å². The second-order valence-corrected chi connectivity index (χ2v) is 7.37. The van der Waals surface area contributed by atoms with Gasteiger partial charge in [-0.15, -0.1) is 0 Å². The number of hydrogen-bond acceptors (Lipinski definition) is 6. The molecule has 2 aliphatic heterocycles. The lowest BCUT2D eigenvalue weighted by atomic mass is 9.91. The Bertz CT molecular complexity index is 666. The number of nitriles is 1. The van der Waals surface area contributed by atoms with Crippen LogP contribution >= 0.6 is 0 Å². The van der Waals surface area contributed by atoms with E-state index in [4.69, 9.17) is 10.00 Å². The highest BCUT2D eigenvalue weighted by molar-refractivity contribution is 5.78. The van der Waals surface area contributed by atoms with Gasteiger partial charge in [-0.3, -0.25) is 9.69 Å². The zero-order valence-electron chi connectivity index (χ0n) is 15.5. The molecule has 7 nitrogen and oxygen atoms in total. The summed E-state index contributed by atoms with van der Waals surface area (Å²) in [6.07, 6.45) is 0. The number of rotatable bonds is 5. The van der Waals surface area contributed by atoms with E-state index in [-0.39, 0.29) is 11.9 Å². The van der Waals surface area contributed by atoms with Crippen molar-refractivity contribution in [3.05, 3.63) is 23.9 Å². The molecule has 2 aliphatic rings. The molecule has 1 N–H and O–H groups in total. The van der Waals surface area contributed by atoms with Crippen molar-refractivity contribution in [2.24, 2.45) is 11.8 Å². The second-order valence-electron chi connectivity index (χ2n) is 7.37. The number of pyridine rings is 1. The molecule has 3 rings (SSSR count). The van der Waals surface area contributed by atoms with Gasteiger partial charge in [0.1, 0.15) is 17.6 Å². The molecule has 1 aromatic rings. The molecule has 0 radical (unpaired) electrons. The maximum Gasteiger partial charge on any atom is 0.236 e. The Morgan fingerprint density at radius 2 is 2.15 bits per heavy atom. The first kappa shape index (κ1) is 18.6. The molecule has 0 spiro atoms. The zero-order chi connectivity index (χ0) is 18.5. The Kier molecular flexibility index (Phi) is 6.07. The number of hydrogen-bond donors (Lipinski definition) is 1. The maximum absolute atomic E-state index is 12.5. The summed E-state index contributed by atoms with van der Waals surface area (Å²) in [5.41, 5.74) is 0.411. The van der Waals surface area contributed by atoms with Crippen LogP contribution in [0.1, 0.15) is 19.5 Å². The van der Waals surface area contributed by atoms with Crippen molar-refractivity contribution < 1.29 is 9.53 Å². The first-order valence-corrected chi connectivity index (χ1v) is 9.28. The van der Waals surface area contributed by atoms with Crippen LogP contribution in [0.3, 0.4) is 0 Å². The lowest BCUT2D eigenvalue weighted by molar-refractivity contribution is -0.136. The van der Waals surface area contributed by atoms with Crippen molar-refractivity contribution in [3.63, 3.8) is 0 Å². The van der Waals surface area contributed by atoms with Crippen molar-refractivity contribution in [2.45, 2.75) is 19.9 Å². The molecule has 0 saturated carbocycles. The van der Waals surface area contributed by atoms with Gasteiger partial charge in [0.25, 0.3) is 0 Å². The summed E-state index contributed by atoms with van der Waals surface area (Å²) in [4.78, 5) is 21.0. The predicted octanol–water partition coefficient (Wildman–Crippen LogP) is 1.18. The zero-order valence-corrected chi connectivity index (χ0v) is 15.5. The number of morpholine rings is 1. The largest absolute Gasteiger partial charge is 0.378 e. The third-order valence-corrected chi connectivity index (χ3v) is 5.22. The normalized spacial score (nSPS) is 23.8. The number of nitrogens with zero attached hydrogens (tertiary/aromatic N) is 4. The topological polar surface area (TPSA) is 81.5 Å². The predicted molar refractivity (Wildman–Crippen MR) is 98.5 cm³/mol. The van der Waals surface area contributed by atoms with Gasteiger partial charge in [-0.2, -0.15) is 5.26 Å². The molecular formula is C19H27N5O2. The van der Waals surface area contributed by atoms with E-state index in [1.54, 1.807) is 6.07 Å². The van der Waals surface area contributed by atoms with E-state index < -0.39 is 0 Å². The van der Waals surface area contributed by atoms with Gasteiger partial charge in [0.2, 0.25) is 5.91 Å². The average Bonchev–Trinajstić information content (AvgIpc) is 3.05. The first-order chi connectivity index (χ1) is 12.6. The molecule has 2 saturated heterocycles. The summed E-state index contributed by atoms with van der Waals surface area (Å²) in [5, 5.41) is 12.5. The number of carbonyl (C=O) groups excluding carboxylic acids is 1. The fourth-order valence-corrected chi connectivity index (χ4v) is 3.74. The van der Waals surface area contributed by atoms with Gasteiger partial charge >= 0.3 is 0 Å². The molecule has 2 fully saturated rings. The van der Waals surface area contributed by atoms with Gasteiger partial charge in [-0.05, 0) is 24.0 Å². The number of likely N-dealkylation sites (tertiary alicyclic amines) is 1. The minimum atomic E-state index is 0.182. The molecule has 3 heterocycles. The fraction of sp³-hybridized carbons (Fsp3) is 0.632. The highest BCUT2D eigenvalue weighted by Gasteiger charge is 2.36. The first-order valence-electron chi connectivity index (χ1n) is 9.28. The van der Waals surface area contributed by atoms with Crippen molar-refractivity contribution >= 4 is 11.7 Å². The van der Waals surface area contributed by atoms with Crippen LogP contribution in [0.5, 0.6) is 0 Å².